The molecule has 246 valence electrons. The molecule has 2 unspecified atom stereocenters. The van der Waals surface area contributed by atoms with Gasteiger partial charge in [0, 0.05) is 43.3 Å². The minimum Gasteiger partial charge on any atom is -0.456 e. The summed E-state index contributed by atoms with van der Waals surface area (Å²) in [5.41, 5.74) is 8.79. The van der Waals surface area contributed by atoms with Crippen LogP contribution in [0.2, 0.25) is 0 Å². The molecule has 3 aromatic heterocycles. The lowest BCUT2D eigenvalue weighted by Gasteiger charge is -2.31. The SMILES string of the molecule is C1=CC2C(=CC=CC2c2cccc3oc4ccccc4c23)C(c2nc(C3=Cc4c(sc5ccccc45)CC3)nc(-c3ccc4ccccc4c3)n2)=C1. The minimum atomic E-state index is 0.113. The molecule has 0 bridgehead atoms. The van der Waals surface area contributed by atoms with Gasteiger partial charge in [-0.3, -0.25) is 0 Å². The average Bonchev–Trinajstić information content (AvgIpc) is 3.78. The topological polar surface area (TPSA) is 51.8 Å². The molecule has 2 atom stereocenters. The van der Waals surface area contributed by atoms with Gasteiger partial charge in [-0.05, 0) is 81.6 Å². The second-order valence-electron chi connectivity index (χ2n) is 13.8. The number of hydrogen-bond donors (Lipinski definition) is 0. The number of nitrogens with zero attached hydrogens (tertiary/aromatic N) is 3. The third-order valence-corrected chi connectivity index (χ3v) is 12.1. The summed E-state index contributed by atoms with van der Waals surface area (Å²) in [4.78, 5) is 17.2. The average molecular weight is 686 g/mol. The van der Waals surface area contributed by atoms with Crippen molar-refractivity contribution < 1.29 is 4.42 Å². The van der Waals surface area contributed by atoms with Gasteiger partial charge < -0.3 is 4.42 Å². The van der Waals surface area contributed by atoms with Gasteiger partial charge in [0.25, 0.3) is 0 Å². The summed E-state index contributed by atoms with van der Waals surface area (Å²) in [7, 11) is 0. The number of para-hydroxylation sites is 1. The number of allylic oxidation sites excluding steroid dienone is 9. The Morgan fingerprint density at radius 3 is 2.35 bits per heavy atom. The van der Waals surface area contributed by atoms with Crippen molar-refractivity contribution in [2.24, 2.45) is 5.92 Å². The third-order valence-electron chi connectivity index (χ3n) is 10.8. The van der Waals surface area contributed by atoms with Gasteiger partial charge in [-0.15, -0.1) is 11.3 Å². The molecule has 0 N–H and O–H groups in total. The van der Waals surface area contributed by atoms with Crippen LogP contribution in [0.4, 0.5) is 0 Å². The molecule has 5 aromatic carbocycles. The zero-order chi connectivity index (χ0) is 34.2. The van der Waals surface area contributed by atoms with Crippen LogP contribution in [0.15, 0.2) is 156 Å². The first-order chi connectivity index (χ1) is 25.7. The maximum absolute atomic E-state index is 6.30. The lowest BCUT2D eigenvalue weighted by atomic mass is 9.73. The maximum atomic E-state index is 6.30. The van der Waals surface area contributed by atoms with E-state index in [9.17, 15) is 0 Å². The molecule has 0 saturated heterocycles. The zero-order valence-electron chi connectivity index (χ0n) is 28.2. The molecule has 0 fully saturated rings. The summed E-state index contributed by atoms with van der Waals surface area (Å²) >= 11 is 1.90. The molecule has 0 saturated carbocycles. The van der Waals surface area contributed by atoms with Gasteiger partial charge in [0.2, 0.25) is 0 Å². The van der Waals surface area contributed by atoms with E-state index in [1.54, 1.807) is 0 Å². The van der Waals surface area contributed by atoms with E-state index in [1.165, 1.54) is 47.8 Å². The monoisotopic (exact) mass is 685 g/mol. The predicted octanol–water partition coefficient (Wildman–Crippen LogP) is 12.1. The van der Waals surface area contributed by atoms with Gasteiger partial charge in [0.05, 0.1) is 0 Å². The normalized spacial score (nSPS) is 18.0. The Kier molecular flexibility index (Phi) is 6.64. The van der Waals surface area contributed by atoms with E-state index in [1.807, 2.05) is 17.4 Å². The van der Waals surface area contributed by atoms with Crippen molar-refractivity contribution in [2.75, 3.05) is 0 Å². The van der Waals surface area contributed by atoms with Crippen molar-refractivity contribution in [3.63, 3.8) is 0 Å². The molecule has 0 aliphatic heterocycles. The molecule has 3 aliphatic rings. The highest BCUT2D eigenvalue weighted by molar-refractivity contribution is 7.19. The van der Waals surface area contributed by atoms with Crippen LogP contribution in [0.25, 0.3) is 71.4 Å². The summed E-state index contributed by atoms with van der Waals surface area (Å²) in [5.74, 6) is 2.38. The fourth-order valence-electron chi connectivity index (χ4n) is 8.37. The van der Waals surface area contributed by atoms with Gasteiger partial charge in [-0.1, -0.05) is 121 Å². The van der Waals surface area contributed by atoms with Crippen LogP contribution in [0, 0.1) is 5.92 Å². The summed E-state index contributed by atoms with van der Waals surface area (Å²) in [6.07, 6.45) is 17.6. The second kappa shape index (κ2) is 11.7. The van der Waals surface area contributed by atoms with E-state index in [0.29, 0.717) is 11.6 Å². The Bertz CT molecular complexity index is 2930. The molecule has 52 heavy (non-hydrogen) atoms. The summed E-state index contributed by atoms with van der Waals surface area (Å²) < 4.78 is 7.63. The van der Waals surface area contributed by atoms with E-state index >= 15 is 0 Å². The van der Waals surface area contributed by atoms with E-state index in [2.05, 4.69) is 146 Å². The predicted molar refractivity (Wildman–Crippen MR) is 215 cm³/mol. The lowest BCUT2D eigenvalue weighted by molar-refractivity contribution is 0.662. The van der Waals surface area contributed by atoms with Gasteiger partial charge in [0.15, 0.2) is 17.5 Å². The van der Waals surface area contributed by atoms with Crippen molar-refractivity contribution in [3.05, 3.63) is 179 Å². The van der Waals surface area contributed by atoms with Gasteiger partial charge in [-0.2, -0.15) is 0 Å². The number of hydrogen-bond acceptors (Lipinski definition) is 5. The molecule has 8 aromatic rings. The number of thiophene rings is 1. The highest BCUT2D eigenvalue weighted by Gasteiger charge is 2.32. The molecular weight excluding hydrogens is 655 g/mol. The first-order valence-electron chi connectivity index (χ1n) is 17.9. The number of aromatic nitrogens is 3. The largest absolute Gasteiger partial charge is 0.456 e. The third kappa shape index (κ3) is 4.70. The van der Waals surface area contributed by atoms with Crippen LogP contribution in [-0.4, -0.2) is 15.0 Å². The van der Waals surface area contributed by atoms with Crippen LogP contribution < -0.4 is 0 Å². The molecule has 0 radical (unpaired) electrons. The Labute approximate surface area is 304 Å². The standard InChI is InChI=1S/C47H31N3OS/c1-2-11-29-26-30(23-22-28(29)10-1)45-48-46(31-24-25-43-39(27-31)35-12-4-6-21-42(35)52-43)50-47(49-45)37-18-8-14-32-33(15-7-16-34(32)37)36-17-9-20-41-44(36)38-13-3-5-19-40(38)51-41/h1-23,26-27,32-33H,24-25H2. The number of furan rings is 1. The Balaban J connectivity index is 1.05. The van der Waals surface area contributed by atoms with Crippen LogP contribution in [0.3, 0.4) is 0 Å². The van der Waals surface area contributed by atoms with Gasteiger partial charge in [-0.25, -0.2) is 15.0 Å². The van der Waals surface area contributed by atoms with Crippen molar-refractivity contribution in [1.29, 1.82) is 0 Å². The Hall–Kier alpha value is -6.17. The van der Waals surface area contributed by atoms with Crippen molar-refractivity contribution in [2.45, 2.75) is 18.8 Å². The highest BCUT2D eigenvalue weighted by atomic mass is 32.1. The molecule has 3 heterocycles. The maximum Gasteiger partial charge on any atom is 0.164 e. The summed E-state index contributed by atoms with van der Waals surface area (Å²) in [6, 6.07) is 38.4. The summed E-state index contributed by atoms with van der Waals surface area (Å²) in [6.45, 7) is 0. The van der Waals surface area contributed by atoms with Gasteiger partial charge >= 0.3 is 0 Å². The first-order valence-corrected chi connectivity index (χ1v) is 18.7. The van der Waals surface area contributed by atoms with Crippen LogP contribution in [-0.2, 0) is 6.42 Å². The molecule has 5 heteroatoms. The van der Waals surface area contributed by atoms with E-state index in [4.69, 9.17) is 19.4 Å². The smallest absolute Gasteiger partial charge is 0.164 e. The molecule has 0 spiro atoms. The van der Waals surface area contributed by atoms with Crippen molar-refractivity contribution in [1.82, 2.24) is 15.0 Å². The minimum absolute atomic E-state index is 0.113. The Morgan fingerprint density at radius 2 is 1.38 bits per heavy atom. The van der Waals surface area contributed by atoms with E-state index in [-0.39, 0.29) is 11.8 Å². The number of fused-ring (bicyclic) bond motifs is 8. The van der Waals surface area contributed by atoms with Crippen LogP contribution in [0.5, 0.6) is 0 Å². The van der Waals surface area contributed by atoms with Crippen molar-refractivity contribution in [3.8, 4) is 11.4 Å². The fourth-order valence-corrected chi connectivity index (χ4v) is 9.56. The first kappa shape index (κ1) is 29.5. The summed E-state index contributed by atoms with van der Waals surface area (Å²) in [5, 5.41) is 6.00. The van der Waals surface area contributed by atoms with Crippen molar-refractivity contribution >= 4 is 71.4 Å². The van der Waals surface area contributed by atoms with Gasteiger partial charge in [0.1, 0.15) is 11.2 Å². The van der Waals surface area contributed by atoms with E-state index in [0.717, 1.165) is 51.9 Å². The number of benzene rings is 5. The lowest BCUT2D eigenvalue weighted by Crippen LogP contribution is -2.19. The number of rotatable bonds is 4. The molecular formula is C47H31N3OS. The Morgan fingerprint density at radius 1 is 0.615 bits per heavy atom. The number of aryl methyl sites for hydroxylation is 1. The molecule has 4 nitrogen and oxygen atoms in total. The van der Waals surface area contributed by atoms with E-state index < -0.39 is 0 Å². The highest BCUT2D eigenvalue weighted by Crippen LogP contribution is 2.47. The molecule has 3 aliphatic carbocycles. The fraction of sp³-hybridized carbons (Fsp3) is 0.0851. The second-order valence-corrected chi connectivity index (χ2v) is 15.0. The quantitative estimate of drug-likeness (QED) is 0.185. The molecule has 11 rings (SSSR count). The van der Waals surface area contributed by atoms with Crippen LogP contribution in [0.1, 0.15) is 40.0 Å². The zero-order valence-corrected chi connectivity index (χ0v) is 29.0. The molecule has 0 amide bonds. The van der Waals surface area contributed by atoms with Crippen LogP contribution >= 0.6 is 11.3 Å².